The van der Waals surface area contributed by atoms with E-state index in [0.717, 1.165) is 0 Å². The number of rotatable bonds is 4. The molecule has 3 rings (SSSR count). The molecule has 1 aromatic heterocycles. The van der Waals surface area contributed by atoms with Crippen molar-refractivity contribution in [3.8, 4) is 11.1 Å². The zero-order valence-corrected chi connectivity index (χ0v) is 13.3. The van der Waals surface area contributed by atoms with Crippen LogP contribution in [0.25, 0.3) is 11.1 Å². The van der Waals surface area contributed by atoms with Crippen LogP contribution in [0.15, 0.2) is 48.8 Å². The minimum Gasteiger partial charge on any atom is -0.307 e. The minimum atomic E-state index is 0.418. The molecule has 3 heteroatoms. The number of nitrogens with one attached hydrogen (secondary N) is 1. The van der Waals surface area contributed by atoms with E-state index in [1.807, 2.05) is 18.5 Å². The summed E-state index contributed by atoms with van der Waals surface area (Å²) >= 11 is 2.08. The molecular weight excluding hydrogens is 276 g/mol. The van der Waals surface area contributed by atoms with E-state index in [0.29, 0.717) is 12.1 Å². The molecule has 1 atom stereocenters. The third-order valence-electron chi connectivity index (χ3n) is 4.11. The largest absolute Gasteiger partial charge is 0.307 e. The van der Waals surface area contributed by atoms with Gasteiger partial charge in [0.1, 0.15) is 0 Å². The molecule has 2 nitrogen and oxygen atoms in total. The van der Waals surface area contributed by atoms with E-state index in [1.54, 1.807) is 0 Å². The van der Waals surface area contributed by atoms with Crippen molar-refractivity contribution in [3.63, 3.8) is 0 Å². The maximum atomic E-state index is 4.18. The summed E-state index contributed by atoms with van der Waals surface area (Å²) in [6.45, 7) is 2.26. The topological polar surface area (TPSA) is 24.9 Å². The lowest BCUT2D eigenvalue weighted by Crippen LogP contribution is -2.34. The summed E-state index contributed by atoms with van der Waals surface area (Å²) in [7, 11) is 0. The summed E-state index contributed by atoms with van der Waals surface area (Å²) in [5, 5.41) is 3.77. The van der Waals surface area contributed by atoms with E-state index in [2.05, 4.69) is 59.3 Å². The highest BCUT2D eigenvalue weighted by atomic mass is 32.2. The molecule has 21 heavy (non-hydrogen) atoms. The number of benzene rings is 1. The van der Waals surface area contributed by atoms with Crippen molar-refractivity contribution in [1.29, 1.82) is 0 Å². The summed E-state index contributed by atoms with van der Waals surface area (Å²) in [5.74, 6) is 2.59. The van der Waals surface area contributed by atoms with Gasteiger partial charge in [-0.05, 0) is 54.0 Å². The van der Waals surface area contributed by atoms with Crippen molar-refractivity contribution in [1.82, 2.24) is 10.3 Å². The van der Waals surface area contributed by atoms with Gasteiger partial charge in [-0.1, -0.05) is 30.3 Å². The van der Waals surface area contributed by atoms with Crippen molar-refractivity contribution in [2.75, 3.05) is 11.5 Å². The van der Waals surface area contributed by atoms with E-state index in [4.69, 9.17) is 0 Å². The van der Waals surface area contributed by atoms with Crippen molar-refractivity contribution in [3.05, 3.63) is 54.4 Å². The molecule has 0 amide bonds. The first-order chi connectivity index (χ1) is 10.3. The summed E-state index contributed by atoms with van der Waals surface area (Å²) in [6, 6.07) is 14.0. The van der Waals surface area contributed by atoms with Crippen molar-refractivity contribution in [2.24, 2.45) is 0 Å². The number of nitrogens with zero attached hydrogens (tertiary/aromatic N) is 1. The first kappa shape index (κ1) is 14.6. The third kappa shape index (κ3) is 3.86. The van der Waals surface area contributed by atoms with Gasteiger partial charge in [0.05, 0.1) is 0 Å². The Morgan fingerprint density at radius 2 is 1.86 bits per heavy atom. The first-order valence-corrected chi connectivity index (χ1v) is 8.82. The Balaban J connectivity index is 1.66. The molecule has 0 saturated carbocycles. The van der Waals surface area contributed by atoms with Crippen LogP contribution in [0, 0.1) is 0 Å². The number of hydrogen-bond donors (Lipinski definition) is 1. The molecule has 1 aliphatic rings. The monoisotopic (exact) mass is 298 g/mol. The Morgan fingerprint density at radius 1 is 1.10 bits per heavy atom. The number of thioether (sulfide) groups is 1. The van der Waals surface area contributed by atoms with Crippen LogP contribution in [0.1, 0.15) is 31.4 Å². The molecule has 1 saturated heterocycles. The normalized spacial score (nSPS) is 17.6. The summed E-state index contributed by atoms with van der Waals surface area (Å²) in [4.78, 5) is 4.18. The first-order valence-electron chi connectivity index (χ1n) is 7.67. The van der Waals surface area contributed by atoms with Gasteiger partial charge in [-0.2, -0.15) is 11.8 Å². The molecule has 0 spiro atoms. The molecule has 0 radical (unpaired) electrons. The molecule has 0 aliphatic carbocycles. The molecule has 1 aliphatic heterocycles. The second-order valence-electron chi connectivity index (χ2n) is 5.64. The molecular formula is C18H22N2S. The predicted octanol–water partition coefficient (Wildman–Crippen LogP) is 4.29. The van der Waals surface area contributed by atoms with Crippen LogP contribution in [-0.2, 0) is 0 Å². The lowest BCUT2D eigenvalue weighted by Gasteiger charge is -2.26. The Labute approximate surface area is 131 Å². The Kier molecular flexibility index (Phi) is 4.94. The smallest absolute Gasteiger partial charge is 0.0346 e. The van der Waals surface area contributed by atoms with Crippen LogP contribution in [0.4, 0.5) is 0 Å². The highest BCUT2D eigenvalue weighted by Gasteiger charge is 2.16. The molecule has 1 N–H and O–H groups in total. The quantitative estimate of drug-likeness (QED) is 0.911. The van der Waals surface area contributed by atoms with Crippen LogP contribution in [0.3, 0.4) is 0 Å². The molecule has 2 heterocycles. The molecule has 0 unspecified atom stereocenters. The Hall–Kier alpha value is -1.32. The standard InChI is InChI=1S/C18H22N2S/c1-14(20-18-8-11-21-12-9-18)15-4-6-16(7-5-15)17-3-2-10-19-13-17/h2-7,10,13-14,18,20H,8-9,11-12H2,1H3/t14-/m0/s1. The van der Waals surface area contributed by atoms with Gasteiger partial charge < -0.3 is 5.32 Å². The van der Waals surface area contributed by atoms with Crippen molar-refractivity contribution < 1.29 is 0 Å². The minimum absolute atomic E-state index is 0.418. The van der Waals surface area contributed by atoms with Crippen molar-refractivity contribution in [2.45, 2.75) is 31.8 Å². The Morgan fingerprint density at radius 3 is 2.52 bits per heavy atom. The van der Waals surface area contributed by atoms with E-state index in [-0.39, 0.29) is 0 Å². The lowest BCUT2D eigenvalue weighted by atomic mass is 10.0. The van der Waals surface area contributed by atoms with E-state index >= 15 is 0 Å². The van der Waals surface area contributed by atoms with Gasteiger partial charge in [0.15, 0.2) is 0 Å². The Bertz CT molecular complexity index is 547. The number of hydrogen-bond acceptors (Lipinski definition) is 3. The second kappa shape index (κ2) is 7.10. The summed E-state index contributed by atoms with van der Waals surface area (Å²) < 4.78 is 0. The molecule has 0 bridgehead atoms. The number of aromatic nitrogens is 1. The SMILES string of the molecule is C[C@H](NC1CCSCC1)c1ccc(-c2cccnc2)cc1. The van der Waals surface area contributed by atoms with Gasteiger partial charge in [-0.25, -0.2) is 0 Å². The fourth-order valence-corrected chi connectivity index (χ4v) is 3.92. The molecule has 1 fully saturated rings. The average Bonchev–Trinajstić information content (AvgIpc) is 2.57. The van der Waals surface area contributed by atoms with Gasteiger partial charge in [-0.3, -0.25) is 4.98 Å². The fraction of sp³-hybridized carbons (Fsp3) is 0.389. The third-order valence-corrected chi connectivity index (χ3v) is 5.16. The lowest BCUT2D eigenvalue weighted by molar-refractivity contribution is 0.431. The zero-order chi connectivity index (χ0) is 14.5. The molecule has 2 aromatic rings. The van der Waals surface area contributed by atoms with Gasteiger partial charge in [0.2, 0.25) is 0 Å². The van der Waals surface area contributed by atoms with Crippen LogP contribution >= 0.6 is 11.8 Å². The van der Waals surface area contributed by atoms with Gasteiger partial charge >= 0.3 is 0 Å². The van der Waals surface area contributed by atoms with Crippen LogP contribution in [0.2, 0.25) is 0 Å². The predicted molar refractivity (Wildman–Crippen MR) is 91.6 cm³/mol. The van der Waals surface area contributed by atoms with Crippen LogP contribution in [0.5, 0.6) is 0 Å². The number of pyridine rings is 1. The van der Waals surface area contributed by atoms with Gasteiger partial charge in [-0.15, -0.1) is 0 Å². The maximum Gasteiger partial charge on any atom is 0.0346 e. The molecule has 110 valence electrons. The summed E-state index contributed by atoms with van der Waals surface area (Å²) in [6.07, 6.45) is 6.31. The highest BCUT2D eigenvalue weighted by Crippen LogP contribution is 2.23. The highest BCUT2D eigenvalue weighted by molar-refractivity contribution is 7.99. The van der Waals surface area contributed by atoms with E-state index in [9.17, 15) is 0 Å². The van der Waals surface area contributed by atoms with E-state index in [1.165, 1.54) is 41.0 Å². The molecule has 1 aromatic carbocycles. The van der Waals surface area contributed by atoms with Crippen LogP contribution in [-0.4, -0.2) is 22.5 Å². The zero-order valence-electron chi connectivity index (χ0n) is 12.5. The average molecular weight is 298 g/mol. The van der Waals surface area contributed by atoms with Gasteiger partial charge in [0, 0.05) is 24.5 Å². The summed E-state index contributed by atoms with van der Waals surface area (Å²) in [5.41, 5.74) is 3.77. The van der Waals surface area contributed by atoms with E-state index < -0.39 is 0 Å². The van der Waals surface area contributed by atoms with Crippen molar-refractivity contribution >= 4 is 11.8 Å². The maximum absolute atomic E-state index is 4.18. The fourth-order valence-electron chi connectivity index (χ4n) is 2.81. The van der Waals surface area contributed by atoms with Crippen LogP contribution < -0.4 is 5.32 Å². The second-order valence-corrected chi connectivity index (χ2v) is 6.86. The van der Waals surface area contributed by atoms with Gasteiger partial charge in [0.25, 0.3) is 0 Å².